The number of nitrogens with zero attached hydrogens (tertiary/aromatic N) is 5. The lowest BCUT2D eigenvalue weighted by Gasteiger charge is -2.48. The van der Waals surface area contributed by atoms with Gasteiger partial charge in [-0.05, 0) is 31.5 Å². The molecule has 3 saturated heterocycles. The van der Waals surface area contributed by atoms with Gasteiger partial charge in [0.1, 0.15) is 17.5 Å². The fourth-order valence-corrected chi connectivity index (χ4v) is 4.52. The summed E-state index contributed by atoms with van der Waals surface area (Å²) in [5.41, 5.74) is 4.50. The van der Waals surface area contributed by atoms with E-state index >= 15 is 0 Å². The number of fused-ring (bicyclic) bond motifs is 3. The standard InChI is InChI=1S/C22H19N7O/c1-12-4-19(30-28-12)18-6-17-21(14(7-23)9-25-22(17)27-18)13-2-3-20(24-8-13)29-10-15-5-16(11-29)26-15/h2-4,6,8-9,15-16,26H,5,10-11H2,1H3,(H,25,27). The van der Waals surface area contributed by atoms with Gasteiger partial charge in [-0.2, -0.15) is 5.26 Å². The molecule has 0 radical (unpaired) electrons. The van der Waals surface area contributed by atoms with E-state index in [1.807, 2.05) is 37.4 Å². The van der Waals surface area contributed by atoms with Crippen molar-refractivity contribution in [1.29, 1.82) is 5.26 Å². The molecule has 2 atom stereocenters. The Bertz CT molecular complexity index is 1280. The number of hydrogen-bond acceptors (Lipinski definition) is 7. The summed E-state index contributed by atoms with van der Waals surface area (Å²) < 4.78 is 5.38. The number of anilines is 1. The van der Waals surface area contributed by atoms with Gasteiger partial charge in [0.2, 0.25) is 0 Å². The van der Waals surface area contributed by atoms with Gasteiger partial charge in [0.25, 0.3) is 0 Å². The highest BCUT2D eigenvalue weighted by Gasteiger charge is 2.36. The van der Waals surface area contributed by atoms with Crippen LogP contribution in [0.5, 0.6) is 0 Å². The van der Waals surface area contributed by atoms with E-state index in [1.165, 1.54) is 6.42 Å². The second-order valence-electron chi connectivity index (χ2n) is 8.04. The molecule has 0 spiro atoms. The fourth-order valence-electron chi connectivity index (χ4n) is 4.52. The average molecular weight is 397 g/mol. The van der Waals surface area contributed by atoms with Crippen molar-refractivity contribution in [2.75, 3.05) is 18.0 Å². The topological polar surface area (TPSA) is 107 Å². The second-order valence-corrected chi connectivity index (χ2v) is 8.04. The van der Waals surface area contributed by atoms with Crippen molar-refractivity contribution >= 4 is 16.9 Å². The molecule has 0 aromatic carbocycles. The summed E-state index contributed by atoms with van der Waals surface area (Å²) in [6.45, 7) is 3.86. The monoisotopic (exact) mass is 397 g/mol. The first-order valence-corrected chi connectivity index (χ1v) is 10.0. The van der Waals surface area contributed by atoms with Crippen LogP contribution >= 0.6 is 0 Å². The summed E-state index contributed by atoms with van der Waals surface area (Å²) in [5, 5.41) is 18.0. The molecule has 2 bridgehead atoms. The van der Waals surface area contributed by atoms with Crippen LogP contribution in [-0.2, 0) is 0 Å². The lowest BCUT2D eigenvalue weighted by Crippen LogP contribution is -2.67. The number of aromatic nitrogens is 4. The Morgan fingerprint density at radius 1 is 1.17 bits per heavy atom. The highest BCUT2D eigenvalue weighted by Crippen LogP contribution is 2.34. The largest absolute Gasteiger partial charge is 0.354 e. The molecule has 2 N–H and O–H groups in total. The number of pyridine rings is 2. The van der Waals surface area contributed by atoms with E-state index in [2.05, 4.69) is 31.4 Å². The smallest absolute Gasteiger partial charge is 0.183 e. The van der Waals surface area contributed by atoms with Gasteiger partial charge in [-0.3, -0.25) is 0 Å². The summed E-state index contributed by atoms with van der Waals surface area (Å²) in [6, 6.07) is 11.3. The minimum Gasteiger partial charge on any atom is -0.354 e. The first-order chi connectivity index (χ1) is 14.7. The lowest BCUT2D eigenvalue weighted by atomic mass is 9.91. The predicted octanol–water partition coefficient (Wildman–Crippen LogP) is 3.01. The highest BCUT2D eigenvalue weighted by molar-refractivity contribution is 5.98. The molecule has 7 heterocycles. The number of piperazine rings is 1. The molecule has 0 saturated carbocycles. The Morgan fingerprint density at radius 3 is 2.67 bits per heavy atom. The van der Waals surface area contributed by atoms with Crippen LogP contribution in [0, 0.1) is 18.3 Å². The summed E-state index contributed by atoms with van der Waals surface area (Å²) in [5.74, 6) is 1.62. The number of rotatable bonds is 3. The summed E-state index contributed by atoms with van der Waals surface area (Å²) in [6.07, 6.45) is 4.71. The molecular weight excluding hydrogens is 378 g/mol. The third-order valence-electron chi connectivity index (χ3n) is 5.95. The third-order valence-corrected chi connectivity index (χ3v) is 5.95. The first-order valence-electron chi connectivity index (χ1n) is 10.0. The molecule has 8 heteroatoms. The van der Waals surface area contributed by atoms with E-state index < -0.39 is 0 Å². The molecule has 0 amide bonds. The SMILES string of the molecule is Cc1cc(-c2cc3c(-c4ccc(N5CC6CC(C5)N6)nc4)c(C#N)cnc3[nH]2)on1. The van der Waals surface area contributed by atoms with Crippen LogP contribution in [0.25, 0.3) is 33.6 Å². The van der Waals surface area contributed by atoms with Crippen molar-refractivity contribution in [1.82, 2.24) is 25.4 Å². The number of aryl methyl sites for hydroxylation is 1. The number of piperidine rings is 1. The Hall–Kier alpha value is -3.70. The molecule has 3 aliphatic rings. The molecule has 4 aromatic rings. The van der Waals surface area contributed by atoms with E-state index in [4.69, 9.17) is 9.51 Å². The average Bonchev–Trinajstić information content (AvgIpc) is 3.38. The molecule has 3 fully saturated rings. The number of nitrogens with one attached hydrogen (secondary N) is 2. The van der Waals surface area contributed by atoms with Gasteiger partial charge in [0, 0.05) is 60.1 Å². The van der Waals surface area contributed by atoms with E-state index in [0.717, 1.165) is 46.8 Å². The summed E-state index contributed by atoms with van der Waals surface area (Å²) in [7, 11) is 0. The maximum absolute atomic E-state index is 9.69. The Labute approximate surface area is 172 Å². The van der Waals surface area contributed by atoms with Crippen molar-refractivity contribution in [2.45, 2.75) is 25.4 Å². The molecular formula is C22H19N7O. The number of hydrogen-bond donors (Lipinski definition) is 2. The fraction of sp³-hybridized carbons (Fsp3) is 0.273. The van der Waals surface area contributed by atoms with Gasteiger partial charge in [-0.1, -0.05) is 5.16 Å². The zero-order valence-electron chi connectivity index (χ0n) is 16.4. The lowest BCUT2D eigenvalue weighted by molar-refractivity contribution is 0.225. The molecule has 4 aromatic heterocycles. The third kappa shape index (κ3) is 2.67. The van der Waals surface area contributed by atoms with Gasteiger partial charge in [-0.15, -0.1) is 0 Å². The first kappa shape index (κ1) is 17.2. The number of aromatic amines is 1. The zero-order chi connectivity index (χ0) is 20.2. The highest BCUT2D eigenvalue weighted by atomic mass is 16.5. The zero-order valence-corrected chi connectivity index (χ0v) is 16.4. The molecule has 8 nitrogen and oxygen atoms in total. The Balaban J connectivity index is 1.41. The van der Waals surface area contributed by atoms with Gasteiger partial charge in [0.05, 0.1) is 17.0 Å². The van der Waals surface area contributed by atoms with E-state index in [0.29, 0.717) is 29.1 Å². The molecule has 3 aliphatic heterocycles. The van der Waals surface area contributed by atoms with Crippen molar-refractivity contribution in [2.24, 2.45) is 0 Å². The Kier molecular flexibility index (Phi) is 3.67. The van der Waals surface area contributed by atoms with E-state index in [9.17, 15) is 5.26 Å². The minimum atomic E-state index is 0.514. The van der Waals surface area contributed by atoms with Crippen LogP contribution in [-0.4, -0.2) is 45.3 Å². The van der Waals surface area contributed by atoms with Crippen LogP contribution in [0.1, 0.15) is 17.7 Å². The molecule has 2 unspecified atom stereocenters. The van der Waals surface area contributed by atoms with Crippen LogP contribution in [0.3, 0.4) is 0 Å². The summed E-state index contributed by atoms with van der Waals surface area (Å²) in [4.78, 5) is 14.7. The van der Waals surface area contributed by atoms with E-state index in [-0.39, 0.29) is 0 Å². The normalized spacial score (nSPS) is 20.2. The van der Waals surface area contributed by atoms with Gasteiger partial charge >= 0.3 is 0 Å². The molecule has 30 heavy (non-hydrogen) atoms. The molecule has 148 valence electrons. The summed E-state index contributed by atoms with van der Waals surface area (Å²) >= 11 is 0. The van der Waals surface area contributed by atoms with Crippen molar-refractivity contribution < 1.29 is 4.52 Å². The Morgan fingerprint density at radius 2 is 2.00 bits per heavy atom. The van der Waals surface area contributed by atoms with Gasteiger partial charge in [-0.25, -0.2) is 9.97 Å². The van der Waals surface area contributed by atoms with Crippen molar-refractivity contribution in [3.63, 3.8) is 0 Å². The number of nitriles is 1. The maximum atomic E-state index is 9.69. The maximum Gasteiger partial charge on any atom is 0.183 e. The minimum absolute atomic E-state index is 0.514. The van der Waals surface area contributed by atoms with Crippen LogP contribution in [0.4, 0.5) is 5.82 Å². The molecule has 0 aliphatic carbocycles. The number of H-pyrrole nitrogens is 1. The quantitative estimate of drug-likeness (QED) is 0.547. The van der Waals surface area contributed by atoms with Gasteiger partial charge in [0.15, 0.2) is 5.76 Å². The van der Waals surface area contributed by atoms with Crippen molar-refractivity contribution in [3.8, 4) is 28.7 Å². The van der Waals surface area contributed by atoms with Gasteiger partial charge < -0.3 is 19.7 Å². The van der Waals surface area contributed by atoms with Crippen LogP contribution in [0.2, 0.25) is 0 Å². The van der Waals surface area contributed by atoms with E-state index in [1.54, 1.807) is 6.20 Å². The predicted molar refractivity (Wildman–Crippen MR) is 112 cm³/mol. The second kappa shape index (κ2) is 6.40. The van der Waals surface area contributed by atoms with Crippen molar-refractivity contribution in [3.05, 3.63) is 47.9 Å². The molecule has 7 rings (SSSR count). The van der Waals surface area contributed by atoms with Crippen LogP contribution in [0.15, 0.2) is 41.2 Å². The van der Waals surface area contributed by atoms with Crippen LogP contribution < -0.4 is 10.2 Å².